The number of nitrogens with zero attached hydrogens (tertiary/aromatic N) is 2. The zero-order valence-electron chi connectivity index (χ0n) is 9.94. The van der Waals surface area contributed by atoms with E-state index in [9.17, 15) is 14.9 Å². The van der Waals surface area contributed by atoms with Crippen molar-refractivity contribution in [3.05, 3.63) is 27.9 Å². The molecule has 1 fully saturated rings. The number of carboxylic acid groups (broad SMARTS) is 1. The van der Waals surface area contributed by atoms with Crippen molar-refractivity contribution in [2.75, 3.05) is 12.4 Å². The van der Waals surface area contributed by atoms with Crippen LogP contribution in [0.3, 0.4) is 0 Å². The van der Waals surface area contributed by atoms with Gasteiger partial charge in [0.05, 0.1) is 11.0 Å². The van der Waals surface area contributed by atoms with Gasteiger partial charge >= 0.3 is 11.7 Å². The van der Waals surface area contributed by atoms with Gasteiger partial charge < -0.3 is 9.84 Å². The van der Waals surface area contributed by atoms with E-state index in [0.29, 0.717) is 12.4 Å². The lowest BCUT2D eigenvalue weighted by Gasteiger charge is -2.08. The number of nitro groups is 1. The first-order valence-electron chi connectivity index (χ1n) is 5.71. The lowest BCUT2D eigenvalue weighted by molar-refractivity contribution is -0.388. The molecule has 1 aliphatic heterocycles. The molecule has 2 heterocycles. The highest BCUT2D eigenvalue weighted by atomic mass is 32.2. The molecule has 7 nitrogen and oxygen atoms in total. The second kappa shape index (κ2) is 5.98. The Morgan fingerprint density at radius 1 is 1.63 bits per heavy atom. The van der Waals surface area contributed by atoms with Crippen LogP contribution in [0.4, 0.5) is 5.69 Å². The average molecular weight is 284 g/mol. The van der Waals surface area contributed by atoms with Crippen molar-refractivity contribution in [2.45, 2.75) is 24.0 Å². The minimum atomic E-state index is -1.20. The molecule has 1 saturated heterocycles. The van der Waals surface area contributed by atoms with Crippen molar-refractivity contribution >= 4 is 23.4 Å². The lowest BCUT2D eigenvalue weighted by Crippen LogP contribution is -2.09. The first-order valence-corrected chi connectivity index (χ1v) is 6.69. The van der Waals surface area contributed by atoms with Gasteiger partial charge in [-0.05, 0) is 18.9 Å². The number of aromatic nitrogens is 1. The number of aromatic carboxylic acids is 1. The number of pyridine rings is 1. The molecule has 0 radical (unpaired) electrons. The molecule has 0 bridgehead atoms. The van der Waals surface area contributed by atoms with Gasteiger partial charge in [-0.1, -0.05) is 11.8 Å². The molecule has 8 heteroatoms. The van der Waals surface area contributed by atoms with Gasteiger partial charge in [0.25, 0.3) is 0 Å². The number of ether oxygens (including phenoxy) is 1. The molecule has 1 aliphatic rings. The Hall–Kier alpha value is -1.67. The lowest BCUT2D eigenvalue weighted by atomic mass is 10.3. The van der Waals surface area contributed by atoms with Crippen LogP contribution in [0.15, 0.2) is 17.2 Å². The summed E-state index contributed by atoms with van der Waals surface area (Å²) >= 11 is 1.16. The van der Waals surface area contributed by atoms with Gasteiger partial charge in [-0.15, -0.1) is 0 Å². The van der Waals surface area contributed by atoms with Crippen LogP contribution in [0.5, 0.6) is 0 Å². The van der Waals surface area contributed by atoms with Crippen molar-refractivity contribution < 1.29 is 19.6 Å². The number of thioether (sulfide) groups is 1. The second-order valence-corrected chi connectivity index (χ2v) is 5.04. The van der Waals surface area contributed by atoms with E-state index in [1.807, 2.05) is 0 Å². The van der Waals surface area contributed by atoms with Crippen molar-refractivity contribution in [1.29, 1.82) is 0 Å². The SMILES string of the molecule is O=C(O)c1ccc([N+](=O)[O-])c(SCC2CCCO2)n1. The van der Waals surface area contributed by atoms with Crippen LogP contribution < -0.4 is 0 Å². The largest absolute Gasteiger partial charge is 0.477 e. The Bertz CT molecular complexity index is 502. The summed E-state index contributed by atoms with van der Waals surface area (Å²) in [7, 11) is 0. The third-order valence-corrected chi connectivity index (χ3v) is 3.80. The molecule has 0 amide bonds. The van der Waals surface area contributed by atoms with Gasteiger partial charge in [0.15, 0.2) is 5.03 Å². The topological polar surface area (TPSA) is 103 Å². The molecule has 1 unspecified atom stereocenters. The minimum Gasteiger partial charge on any atom is -0.477 e. The fourth-order valence-corrected chi connectivity index (χ4v) is 2.81. The van der Waals surface area contributed by atoms with Gasteiger partial charge in [0, 0.05) is 18.4 Å². The maximum atomic E-state index is 10.9. The van der Waals surface area contributed by atoms with Gasteiger partial charge in [-0.3, -0.25) is 10.1 Å². The molecular weight excluding hydrogens is 272 g/mol. The van der Waals surface area contributed by atoms with E-state index in [1.165, 1.54) is 6.07 Å². The number of hydrogen-bond donors (Lipinski definition) is 1. The maximum Gasteiger partial charge on any atom is 0.354 e. The van der Waals surface area contributed by atoms with Crippen LogP contribution in [0.2, 0.25) is 0 Å². The Labute approximate surface area is 113 Å². The third-order valence-electron chi connectivity index (χ3n) is 2.69. The molecular formula is C11H12N2O5S. The minimum absolute atomic E-state index is 0.0555. The Kier molecular flexibility index (Phi) is 4.33. The van der Waals surface area contributed by atoms with Crippen molar-refractivity contribution in [3.63, 3.8) is 0 Å². The van der Waals surface area contributed by atoms with Gasteiger partial charge in [0.1, 0.15) is 5.69 Å². The summed E-state index contributed by atoms with van der Waals surface area (Å²) in [6.45, 7) is 0.704. The summed E-state index contributed by atoms with van der Waals surface area (Å²) in [6, 6.07) is 2.31. The summed E-state index contributed by atoms with van der Waals surface area (Å²) in [5, 5.41) is 19.9. The van der Waals surface area contributed by atoms with Gasteiger partial charge in [-0.25, -0.2) is 9.78 Å². The van der Waals surface area contributed by atoms with E-state index in [0.717, 1.165) is 30.7 Å². The summed E-state index contributed by atoms with van der Waals surface area (Å²) in [5.74, 6) is -0.662. The summed E-state index contributed by atoms with van der Waals surface area (Å²) < 4.78 is 5.42. The predicted molar refractivity (Wildman–Crippen MR) is 67.5 cm³/mol. The number of rotatable bonds is 5. The van der Waals surface area contributed by atoms with Crippen LogP contribution in [0.1, 0.15) is 23.3 Å². The number of carboxylic acids is 1. The Morgan fingerprint density at radius 3 is 3.00 bits per heavy atom. The van der Waals surface area contributed by atoms with Gasteiger partial charge in [-0.2, -0.15) is 0 Å². The molecule has 102 valence electrons. The molecule has 19 heavy (non-hydrogen) atoms. The second-order valence-electron chi connectivity index (χ2n) is 4.03. The smallest absolute Gasteiger partial charge is 0.354 e. The molecule has 2 rings (SSSR count). The van der Waals surface area contributed by atoms with Crippen molar-refractivity contribution in [1.82, 2.24) is 4.98 Å². The van der Waals surface area contributed by atoms with E-state index in [4.69, 9.17) is 9.84 Å². The number of carbonyl (C=O) groups is 1. The van der Waals surface area contributed by atoms with E-state index in [2.05, 4.69) is 4.98 Å². The highest BCUT2D eigenvalue weighted by molar-refractivity contribution is 7.99. The zero-order valence-corrected chi connectivity index (χ0v) is 10.8. The monoisotopic (exact) mass is 284 g/mol. The quantitative estimate of drug-likeness (QED) is 0.500. The third kappa shape index (κ3) is 3.42. The molecule has 0 saturated carbocycles. The molecule has 0 aliphatic carbocycles. The molecule has 1 N–H and O–H groups in total. The van der Waals surface area contributed by atoms with Gasteiger partial charge in [0.2, 0.25) is 0 Å². The fourth-order valence-electron chi connectivity index (χ4n) is 1.75. The van der Waals surface area contributed by atoms with Crippen molar-refractivity contribution in [2.24, 2.45) is 0 Å². The zero-order chi connectivity index (χ0) is 13.8. The first-order chi connectivity index (χ1) is 9.08. The highest BCUT2D eigenvalue weighted by Gasteiger charge is 2.22. The molecule has 0 aromatic carbocycles. The van der Waals surface area contributed by atoms with Crippen LogP contribution in [0, 0.1) is 10.1 Å². The fraction of sp³-hybridized carbons (Fsp3) is 0.455. The highest BCUT2D eigenvalue weighted by Crippen LogP contribution is 2.29. The van der Waals surface area contributed by atoms with E-state index < -0.39 is 10.9 Å². The molecule has 0 spiro atoms. The Balaban J connectivity index is 2.16. The standard InChI is InChI=1S/C11H12N2O5S/c14-11(15)8-3-4-9(13(16)17)10(12-8)19-6-7-2-1-5-18-7/h3-4,7H,1-2,5-6H2,(H,14,15). The molecule has 1 aromatic heterocycles. The Morgan fingerprint density at radius 2 is 2.42 bits per heavy atom. The average Bonchev–Trinajstić information content (AvgIpc) is 2.88. The molecule has 1 aromatic rings. The van der Waals surface area contributed by atoms with Crippen LogP contribution >= 0.6 is 11.8 Å². The summed E-state index contributed by atoms with van der Waals surface area (Å²) in [5.41, 5.74) is -0.367. The van der Waals surface area contributed by atoms with Crippen LogP contribution in [-0.2, 0) is 4.74 Å². The molecule has 1 atom stereocenters. The predicted octanol–water partition coefficient (Wildman–Crippen LogP) is 1.96. The number of hydrogen-bond acceptors (Lipinski definition) is 6. The summed E-state index contributed by atoms with van der Waals surface area (Å²) in [4.78, 5) is 25.0. The van der Waals surface area contributed by atoms with Crippen molar-refractivity contribution in [3.8, 4) is 0 Å². The van der Waals surface area contributed by atoms with E-state index in [-0.39, 0.29) is 22.5 Å². The first kappa shape index (κ1) is 13.8. The maximum absolute atomic E-state index is 10.9. The summed E-state index contributed by atoms with van der Waals surface area (Å²) in [6.07, 6.45) is 1.95. The van der Waals surface area contributed by atoms with E-state index >= 15 is 0 Å². The van der Waals surface area contributed by atoms with Crippen LogP contribution in [-0.4, -0.2) is 39.4 Å². The van der Waals surface area contributed by atoms with E-state index in [1.54, 1.807) is 0 Å². The van der Waals surface area contributed by atoms with Crippen LogP contribution in [0.25, 0.3) is 0 Å². The normalized spacial score (nSPS) is 18.4.